The molecule has 2 aliphatic heterocycles. The van der Waals surface area contributed by atoms with Gasteiger partial charge < -0.3 is 34.3 Å². The molecular weight excluding hydrogens is 680 g/mol. The Morgan fingerprint density at radius 2 is 1.13 bits per heavy atom. The van der Waals surface area contributed by atoms with E-state index >= 15 is 0 Å². The molecule has 0 radical (unpaired) electrons. The zero-order valence-electron chi connectivity index (χ0n) is 34.1. The van der Waals surface area contributed by atoms with Crippen LogP contribution in [-0.4, -0.2) is 77.4 Å². The first-order valence-electron chi connectivity index (χ1n) is 22.1. The van der Waals surface area contributed by atoms with E-state index < -0.39 is 11.6 Å². The van der Waals surface area contributed by atoms with Crippen molar-refractivity contribution in [3.8, 4) is 0 Å². The average molecular weight is 751 g/mol. The lowest BCUT2D eigenvalue weighted by molar-refractivity contribution is -0.194. The molecule has 0 bridgehead atoms. The third kappa shape index (κ3) is 5.56. The highest BCUT2D eigenvalue weighted by Gasteiger charge is 2.65. The number of aliphatic hydroxyl groups excluding tert-OH is 3. The normalized spacial score (nSPS) is 51.4. The van der Waals surface area contributed by atoms with Crippen LogP contribution in [0.4, 0.5) is 0 Å². The second-order valence-corrected chi connectivity index (χ2v) is 21.1. The Kier molecular flexibility index (Phi) is 9.38. The van der Waals surface area contributed by atoms with Crippen molar-refractivity contribution in [3.63, 3.8) is 0 Å². The molecule has 10 rings (SSSR count). The van der Waals surface area contributed by atoms with Gasteiger partial charge >= 0.3 is 0 Å². The molecule has 8 nitrogen and oxygen atoms in total. The minimum absolute atomic E-state index is 0.0261. The number of fused-ring (bicyclic) bond motifs is 10. The van der Waals surface area contributed by atoms with Crippen molar-refractivity contribution >= 4 is 5.78 Å². The number of hydrogen-bond acceptors (Lipinski definition) is 8. The summed E-state index contributed by atoms with van der Waals surface area (Å²) in [6.07, 6.45) is 17.9. The Morgan fingerprint density at radius 1 is 0.685 bits per heavy atom. The first-order valence-corrected chi connectivity index (χ1v) is 22.1. The molecule has 8 fully saturated rings. The molecule has 0 aromatic heterocycles. The fourth-order valence-electron chi connectivity index (χ4n) is 16.5. The molecular formula is C46H70O8. The number of allylic oxidation sites excluding steroid dienone is 2. The molecule has 0 aromatic carbocycles. The first-order chi connectivity index (χ1) is 25.6. The van der Waals surface area contributed by atoms with Gasteiger partial charge in [0, 0.05) is 31.6 Å². The van der Waals surface area contributed by atoms with Crippen LogP contribution in [0.3, 0.4) is 0 Å². The zero-order chi connectivity index (χ0) is 38.1. The minimum atomic E-state index is -0.403. The Bertz CT molecular complexity index is 1540. The van der Waals surface area contributed by atoms with Crippen LogP contribution in [0.2, 0.25) is 0 Å². The van der Waals surface area contributed by atoms with E-state index in [0.29, 0.717) is 73.6 Å². The summed E-state index contributed by atoms with van der Waals surface area (Å²) in [7, 11) is 0. The number of rotatable bonds is 2. The van der Waals surface area contributed by atoms with E-state index in [1.54, 1.807) is 6.92 Å². The van der Waals surface area contributed by atoms with E-state index in [4.69, 9.17) is 18.9 Å². The van der Waals surface area contributed by atoms with Gasteiger partial charge in [0.2, 0.25) is 0 Å². The summed E-state index contributed by atoms with van der Waals surface area (Å²) in [6, 6.07) is 0. The molecule has 2 heterocycles. The van der Waals surface area contributed by atoms with Crippen molar-refractivity contribution in [1.29, 1.82) is 0 Å². The van der Waals surface area contributed by atoms with Gasteiger partial charge in [0.25, 0.3) is 0 Å². The minimum Gasteiger partial charge on any atom is -0.393 e. The maximum atomic E-state index is 12.3. The quantitative estimate of drug-likeness (QED) is 0.249. The number of carbonyl (C=O) groups is 1. The van der Waals surface area contributed by atoms with Crippen molar-refractivity contribution < 1.29 is 39.1 Å². The van der Waals surface area contributed by atoms with Gasteiger partial charge in [0.1, 0.15) is 5.78 Å². The number of Topliss-reactive ketones (excluding diaryl/α,β-unsaturated/α-hetero) is 1. The SMILES string of the molecule is CC(=O)[C@H]1CC[C@H]2[C@@H]3CC=C4CC5(CC[C@]4(C)[C@H]3[C@@H](O)C[C@]12C)OCCO5.CC(O)[C@H]1CC[C@H]2[C@@H]3CC=C4CC5(CC[C@]4(C)[C@H]3[C@@H](O)C[C@]12C)OCCO5. The molecule has 3 N–H and O–H groups in total. The molecule has 8 heteroatoms. The predicted molar refractivity (Wildman–Crippen MR) is 205 cm³/mol. The second kappa shape index (κ2) is 13.2. The molecule has 2 saturated heterocycles. The second-order valence-electron chi connectivity index (χ2n) is 21.1. The van der Waals surface area contributed by atoms with Crippen LogP contribution < -0.4 is 0 Å². The van der Waals surface area contributed by atoms with E-state index in [9.17, 15) is 20.1 Å². The van der Waals surface area contributed by atoms with Crippen LogP contribution in [0.25, 0.3) is 0 Å². The van der Waals surface area contributed by atoms with Gasteiger partial charge in [-0.2, -0.15) is 0 Å². The van der Waals surface area contributed by atoms with Crippen molar-refractivity contribution in [2.75, 3.05) is 26.4 Å². The molecule has 0 amide bonds. The number of aliphatic hydroxyl groups is 3. The smallest absolute Gasteiger partial charge is 0.172 e. The molecule has 8 aliphatic carbocycles. The Labute approximate surface area is 324 Å². The average Bonchev–Trinajstić information content (AvgIpc) is 3.91. The van der Waals surface area contributed by atoms with Gasteiger partial charge in [-0.05, 0) is 141 Å². The van der Waals surface area contributed by atoms with Crippen molar-refractivity contribution in [2.24, 2.45) is 69.0 Å². The molecule has 10 aliphatic rings. The van der Waals surface area contributed by atoms with Gasteiger partial charge in [-0.1, -0.05) is 51.0 Å². The van der Waals surface area contributed by atoms with Crippen LogP contribution in [0, 0.1) is 69.0 Å². The molecule has 54 heavy (non-hydrogen) atoms. The molecule has 15 atom stereocenters. The lowest BCUT2D eigenvalue weighted by atomic mass is 9.46. The summed E-state index contributed by atoms with van der Waals surface area (Å²) in [6.45, 7) is 15.9. The van der Waals surface area contributed by atoms with Crippen LogP contribution >= 0.6 is 0 Å². The lowest BCUT2D eigenvalue weighted by Gasteiger charge is -2.60. The third-order valence-corrected chi connectivity index (χ3v) is 18.9. The summed E-state index contributed by atoms with van der Waals surface area (Å²) in [4.78, 5) is 12.3. The van der Waals surface area contributed by atoms with E-state index in [1.807, 2.05) is 6.92 Å². The fourth-order valence-corrected chi connectivity index (χ4v) is 16.5. The monoisotopic (exact) mass is 751 g/mol. The van der Waals surface area contributed by atoms with Crippen molar-refractivity contribution in [2.45, 2.75) is 161 Å². The van der Waals surface area contributed by atoms with E-state index in [1.165, 1.54) is 17.6 Å². The molecule has 0 aromatic rings. The zero-order valence-corrected chi connectivity index (χ0v) is 34.1. The maximum Gasteiger partial charge on any atom is 0.172 e. The van der Waals surface area contributed by atoms with Crippen LogP contribution in [0.15, 0.2) is 23.3 Å². The summed E-state index contributed by atoms with van der Waals surface area (Å²) in [5.41, 5.74) is 3.06. The summed E-state index contributed by atoms with van der Waals surface area (Å²) >= 11 is 0. The Hall–Kier alpha value is -1.13. The standard InChI is InChI=1S/C23H36O4.C23H34O4/c2*1-14(24)17-6-7-18-16-5-4-15-12-23(26-10-11-27-23)9-8-21(15,2)20(16)19(25)13-22(17,18)3/h4,14,16-20,24-25H,5-13H2,1-3H3;4,16-20,25H,5-13H2,1-3H3/t14?,16-,17+,18-,19-,20+,21-,22+;16-,17+,18-,19-,20+,21-,22+/m00/s1. The van der Waals surface area contributed by atoms with E-state index in [-0.39, 0.29) is 45.9 Å². The maximum absolute atomic E-state index is 12.3. The first kappa shape index (κ1) is 38.4. The largest absolute Gasteiger partial charge is 0.393 e. The van der Waals surface area contributed by atoms with E-state index in [0.717, 1.165) is 83.5 Å². The number of ketones is 1. The number of hydrogen-bond donors (Lipinski definition) is 3. The Balaban J connectivity index is 0.000000142. The summed E-state index contributed by atoms with van der Waals surface area (Å²) < 4.78 is 24.0. The molecule has 302 valence electrons. The highest BCUT2D eigenvalue weighted by atomic mass is 16.7. The van der Waals surface area contributed by atoms with E-state index in [2.05, 4.69) is 39.8 Å². The Morgan fingerprint density at radius 3 is 1.59 bits per heavy atom. The van der Waals surface area contributed by atoms with Gasteiger partial charge in [-0.25, -0.2) is 0 Å². The topological polar surface area (TPSA) is 115 Å². The number of ether oxygens (including phenoxy) is 4. The van der Waals surface area contributed by atoms with Gasteiger partial charge in [-0.3, -0.25) is 4.79 Å². The van der Waals surface area contributed by atoms with Crippen molar-refractivity contribution in [3.05, 3.63) is 23.3 Å². The van der Waals surface area contributed by atoms with Crippen molar-refractivity contribution in [1.82, 2.24) is 0 Å². The molecule has 6 saturated carbocycles. The molecule has 2 spiro atoms. The predicted octanol–water partition coefficient (Wildman–Crippen LogP) is 7.53. The lowest BCUT2D eigenvalue weighted by Crippen LogP contribution is -2.58. The van der Waals surface area contributed by atoms with Gasteiger partial charge in [0.05, 0.1) is 44.7 Å². The summed E-state index contributed by atoms with van der Waals surface area (Å²) in [5.74, 6) is 2.83. The van der Waals surface area contributed by atoms with Gasteiger partial charge in [0.15, 0.2) is 11.6 Å². The third-order valence-electron chi connectivity index (χ3n) is 18.9. The van der Waals surface area contributed by atoms with Crippen LogP contribution in [0.5, 0.6) is 0 Å². The highest BCUT2D eigenvalue weighted by Crippen LogP contribution is 2.69. The van der Waals surface area contributed by atoms with Crippen LogP contribution in [-0.2, 0) is 23.7 Å². The molecule has 1 unspecified atom stereocenters. The summed E-state index contributed by atoms with van der Waals surface area (Å²) in [5, 5.41) is 33.2. The highest BCUT2D eigenvalue weighted by molar-refractivity contribution is 5.79. The number of carbonyl (C=O) groups excluding carboxylic acids is 1. The van der Waals surface area contributed by atoms with Crippen LogP contribution in [0.1, 0.15) is 131 Å². The fraction of sp³-hybridized carbons (Fsp3) is 0.891. The van der Waals surface area contributed by atoms with Gasteiger partial charge in [-0.15, -0.1) is 0 Å².